The fraction of sp³-hybridized carbons (Fsp3) is 0.150. The standard InChI is InChI=1S/C20H18FN3O2S/c21-15-9-6-13(7-10-15)8-11-18(25)22-20(27)24-23-19(26)17-12-16(17)14-4-2-1-3-5-14/h1-11,16-17H,12H2,(H,23,26)(H2,22,24,25,27). The summed E-state index contributed by atoms with van der Waals surface area (Å²) < 4.78 is 12.8. The van der Waals surface area contributed by atoms with Crippen molar-refractivity contribution >= 4 is 35.2 Å². The Labute approximate surface area is 161 Å². The molecule has 1 aliphatic rings. The summed E-state index contributed by atoms with van der Waals surface area (Å²) >= 11 is 4.99. The van der Waals surface area contributed by atoms with E-state index in [1.807, 2.05) is 30.3 Å². The van der Waals surface area contributed by atoms with Crippen LogP contribution in [0.5, 0.6) is 0 Å². The minimum Gasteiger partial charge on any atom is -0.298 e. The van der Waals surface area contributed by atoms with E-state index in [1.165, 1.54) is 24.3 Å². The van der Waals surface area contributed by atoms with Crippen LogP contribution in [0.2, 0.25) is 0 Å². The van der Waals surface area contributed by atoms with E-state index in [0.717, 1.165) is 12.0 Å². The van der Waals surface area contributed by atoms with E-state index in [-0.39, 0.29) is 28.7 Å². The lowest BCUT2D eigenvalue weighted by molar-refractivity contribution is -0.123. The fourth-order valence-electron chi connectivity index (χ4n) is 2.70. The molecule has 0 saturated heterocycles. The molecule has 3 N–H and O–H groups in total. The van der Waals surface area contributed by atoms with Crippen LogP contribution in [0.3, 0.4) is 0 Å². The third-order valence-corrected chi connectivity index (χ3v) is 4.39. The summed E-state index contributed by atoms with van der Waals surface area (Å²) in [6, 6.07) is 15.6. The van der Waals surface area contributed by atoms with Crippen LogP contribution in [0.1, 0.15) is 23.5 Å². The highest BCUT2D eigenvalue weighted by Crippen LogP contribution is 2.47. The number of hydrogen-bond acceptors (Lipinski definition) is 3. The Morgan fingerprint density at radius 1 is 1.04 bits per heavy atom. The summed E-state index contributed by atoms with van der Waals surface area (Å²) in [4.78, 5) is 23.9. The van der Waals surface area contributed by atoms with Gasteiger partial charge in [-0.25, -0.2) is 4.39 Å². The highest BCUT2D eigenvalue weighted by molar-refractivity contribution is 7.80. The third kappa shape index (κ3) is 5.46. The van der Waals surface area contributed by atoms with Crippen LogP contribution in [-0.2, 0) is 9.59 Å². The van der Waals surface area contributed by atoms with E-state index in [1.54, 1.807) is 12.1 Å². The number of rotatable bonds is 4. The Kier molecular flexibility index (Phi) is 5.93. The normalized spacial score (nSPS) is 18.0. The number of hydrogen-bond donors (Lipinski definition) is 3. The van der Waals surface area contributed by atoms with Gasteiger partial charge >= 0.3 is 0 Å². The minimum atomic E-state index is -0.459. The molecular weight excluding hydrogens is 365 g/mol. The maximum atomic E-state index is 12.8. The first-order valence-electron chi connectivity index (χ1n) is 8.42. The molecule has 2 atom stereocenters. The van der Waals surface area contributed by atoms with Gasteiger partial charge in [-0.15, -0.1) is 0 Å². The van der Waals surface area contributed by atoms with Crippen LogP contribution in [0.25, 0.3) is 6.08 Å². The van der Waals surface area contributed by atoms with Crippen molar-refractivity contribution in [2.45, 2.75) is 12.3 Å². The van der Waals surface area contributed by atoms with Crippen molar-refractivity contribution in [3.63, 3.8) is 0 Å². The fourth-order valence-corrected chi connectivity index (χ4v) is 2.85. The molecule has 1 saturated carbocycles. The highest BCUT2D eigenvalue weighted by atomic mass is 32.1. The van der Waals surface area contributed by atoms with E-state index in [2.05, 4.69) is 16.2 Å². The summed E-state index contributed by atoms with van der Waals surface area (Å²) in [6.07, 6.45) is 3.59. The molecule has 0 bridgehead atoms. The Hall–Kier alpha value is -3.06. The molecule has 1 aliphatic carbocycles. The predicted octanol–water partition coefficient (Wildman–Crippen LogP) is 2.66. The zero-order valence-corrected chi connectivity index (χ0v) is 15.1. The first-order valence-corrected chi connectivity index (χ1v) is 8.83. The molecule has 0 aromatic heterocycles. The summed E-state index contributed by atoms with van der Waals surface area (Å²) in [7, 11) is 0. The molecule has 2 aromatic rings. The second kappa shape index (κ2) is 8.55. The average Bonchev–Trinajstić information content (AvgIpc) is 3.47. The Morgan fingerprint density at radius 3 is 2.44 bits per heavy atom. The number of halogens is 1. The molecule has 0 heterocycles. The number of carbonyl (C=O) groups excluding carboxylic acids is 2. The van der Waals surface area contributed by atoms with E-state index in [4.69, 9.17) is 12.2 Å². The van der Waals surface area contributed by atoms with Gasteiger partial charge in [-0.05, 0) is 53.9 Å². The van der Waals surface area contributed by atoms with Gasteiger partial charge in [0, 0.05) is 12.0 Å². The molecular formula is C20H18FN3O2S. The Morgan fingerprint density at radius 2 is 1.74 bits per heavy atom. The summed E-state index contributed by atoms with van der Waals surface area (Å²) in [5.41, 5.74) is 6.87. The van der Waals surface area contributed by atoms with Crippen LogP contribution < -0.4 is 16.2 Å². The molecule has 138 valence electrons. The van der Waals surface area contributed by atoms with Crippen molar-refractivity contribution in [3.05, 3.63) is 77.6 Å². The van der Waals surface area contributed by atoms with Crippen molar-refractivity contribution in [1.29, 1.82) is 0 Å². The van der Waals surface area contributed by atoms with Crippen molar-refractivity contribution < 1.29 is 14.0 Å². The SMILES string of the molecule is O=C(C=Cc1ccc(F)cc1)NC(=S)NNC(=O)C1CC1c1ccccc1. The predicted molar refractivity (Wildman–Crippen MR) is 105 cm³/mol. The largest absolute Gasteiger partial charge is 0.298 e. The number of amides is 2. The summed E-state index contributed by atoms with van der Waals surface area (Å²) in [5.74, 6) is -0.851. The Bertz CT molecular complexity index is 869. The lowest BCUT2D eigenvalue weighted by atomic mass is 10.1. The van der Waals surface area contributed by atoms with Gasteiger partial charge in [0.25, 0.3) is 0 Å². The lowest BCUT2D eigenvalue weighted by Crippen LogP contribution is -2.48. The molecule has 0 radical (unpaired) electrons. The molecule has 0 aliphatic heterocycles. The number of carbonyl (C=O) groups is 2. The first-order chi connectivity index (χ1) is 13.0. The van der Waals surface area contributed by atoms with Gasteiger partial charge in [0.05, 0.1) is 0 Å². The minimum absolute atomic E-state index is 0.00554. The molecule has 0 spiro atoms. The van der Waals surface area contributed by atoms with Gasteiger partial charge in [0.2, 0.25) is 11.8 Å². The van der Waals surface area contributed by atoms with E-state index < -0.39 is 5.91 Å². The highest BCUT2D eigenvalue weighted by Gasteiger charge is 2.43. The van der Waals surface area contributed by atoms with Gasteiger partial charge < -0.3 is 0 Å². The zero-order chi connectivity index (χ0) is 19.2. The van der Waals surface area contributed by atoms with Crippen molar-refractivity contribution in [3.8, 4) is 0 Å². The van der Waals surface area contributed by atoms with E-state index in [0.29, 0.717) is 5.56 Å². The summed E-state index contributed by atoms with van der Waals surface area (Å²) in [6.45, 7) is 0. The number of hydrazine groups is 1. The lowest BCUT2D eigenvalue weighted by Gasteiger charge is -2.09. The van der Waals surface area contributed by atoms with Crippen molar-refractivity contribution in [2.24, 2.45) is 5.92 Å². The van der Waals surface area contributed by atoms with Gasteiger partial charge in [-0.1, -0.05) is 42.5 Å². The molecule has 27 heavy (non-hydrogen) atoms. The molecule has 1 fully saturated rings. The summed E-state index contributed by atoms with van der Waals surface area (Å²) in [5, 5.41) is 2.42. The zero-order valence-electron chi connectivity index (χ0n) is 14.3. The van der Waals surface area contributed by atoms with Gasteiger partial charge in [-0.3, -0.25) is 25.8 Å². The van der Waals surface area contributed by atoms with Crippen LogP contribution in [0, 0.1) is 11.7 Å². The smallest absolute Gasteiger partial charge is 0.250 e. The van der Waals surface area contributed by atoms with Crippen LogP contribution in [-0.4, -0.2) is 16.9 Å². The van der Waals surface area contributed by atoms with E-state index >= 15 is 0 Å². The topological polar surface area (TPSA) is 70.2 Å². The maximum Gasteiger partial charge on any atom is 0.250 e. The van der Waals surface area contributed by atoms with Crippen molar-refractivity contribution in [2.75, 3.05) is 0 Å². The number of nitrogens with one attached hydrogen (secondary N) is 3. The molecule has 2 unspecified atom stereocenters. The number of thiocarbonyl (C=S) groups is 1. The third-order valence-electron chi connectivity index (χ3n) is 4.19. The van der Waals surface area contributed by atoms with Gasteiger partial charge in [0.15, 0.2) is 5.11 Å². The molecule has 2 aromatic carbocycles. The monoisotopic (exact) mass is 383 g/mol. The maximum absolute atomic E-state index is 12.8. The molecule has 3 rings (SSSR count). The molecule has 7 heteroatoms. The average molecular weight is 383 g/mol. The first kappa shape index (κ1) is 18.7. The number of benzene rings is 2. The van der Waals surface area contributed by atoms with Gasteiger partial charge in [0.1, 0.15) is 5.82 Å². The van der Waals surface area contributed by atoms with Gasteiger partial charge in [-0.2, -0.15) is 0 Å². The van der Waals surface area contributed by atoms with Crippen LogP contribution >= 0.6 is 12.2 Å². The molecule has 2 amide bonds. The second-order valence-electron chi connectivity index (χ2n) is 6.18. The Balaban J connectivity index is 1.40. The van der Waals surface area contributed by atoms with Crippen LogP contribution in [0.15, 0.2) is 60.7 Å². The quantitative estimate of drug-likeness (QED) is 0.431. The second-order valence-corrected chi connectivity index (χ2v) is 6.59. The molecule has 5 nitrogen and oxygen atoms in total. The van der Waals surface area contributed by atoms with Crippen molar-refractivity contribution in [1.82, 2.24) is 16.2 Å². The van der Waals surface area contributed by atoms with E-state index in [9.17, 15) is 14.0 Å². The van der Waals surface area contributed by atoms with Crippen LogP contribution in [0.4, 0.5) is 4.39 Å².